The Morgan fingerprint density at radius 3 is 2.81 bits per heavy atom. The van der Waals surface area contributed by atoms with Crippen LogP contribution < -0.4 is 11.1 Å². The summed E-state index contributed by atoms with van der Waals surface area (Å²) in [5.74, 6) is -0.164. The van der Waals surface area contributed by atoms with Gasteiger partial charge in [-0.25, -0.2) is 0 Å². The molecule has 0 bridgehead atoms. The Kier molecular flexibility index (Phi) is 4.85. The molecule has 16 heavy (non-hydrogen) atoms. The van der Waals surface area contributed by atoms with Crippen LogP contribution in [-0.4, -0.2) is 22.4 Å². The zero-order chi connectivity index (χ0) is 12.0. The van der Waals surface area contributed by atoms with E-state index < -0.39 is 0 Å². The van der Waals surface area contributed by atoms with Gasteiger partial charge in [-0.05, 0) is 18.6 Å². The number of rotatable bonds is 5. The number of thiocarbonyl (C=S) groups is 1. The summed E-state index contributed by atoms with van der Waals surface area (Å²) in [5, 5.41) is 2.78. The molecule has 1 aromatic heterocycles. The molecule has 3 N–H and O–H groups in total. The molecule has 0 saturated carbocycles. The number of pyridine rings is 1. The number of hydrogen-bond acceptors (Lipinski definition) is 3. The molecule has 1 amide bonds. The van der Waals surface area contributed by atoms with Crippen LogP contribution in [0.4, 0.5) is 0 Å². The van der Waals surface area contributed by atoms with Gasteiger partial charge in [0.25, 0.3) is 5.91 Å². The highest BCUT2D eigenvalue weighted by Gasteiger charge is 2.06. The molecule has 0 saturated heterocycles. The standard InChI is InChI=1S/C11H15N3OS/c1-2-3-6-13-11(15)9-5-4-8(7-14-9)10(12)16/h4-5,7H,2-3,6H2,1H3,(H2,12,16)(H,13,15). The smallest absolute Gasteiger partial charge is 0.269 e. The average Bonchev–Trinajstić information content (AvgIpc) is 2.29. The first-order valence-corrected chi connectivity index (χ1v) is 5.60. The Balaban J connectivity index is 2.59. The first-order valence-electron chi connectivity index (χ1n) is 5.19. The van der Waals surface area contributed by atoms with Gasteiger partial charge in [-0.2, -0.15) is 0 Å². The van der Waals surface area contributed by atoms with E-state index >= 15 is 0 Å². The van der Waals surface area contributed by atoms with Crippen LogP contribution in [0.2, 0.25) is 0 Å². The van der Waals surface area contributed by atoms with Crippen LogP contribution in [0.25, 0.3) is 0 Å². The molecular weight excluding hydrogens is 222 g/mol. The van der Waals surface area contributed by atoms with Gasteiger partial charge in [0.2, 0.25) is 0 Å². The van der Waals surface area contributed by atoms with Crippen LogP contribution >= 0.6 is 12.2 Å². The van der Waals surface area contributed by atoms with Crippen molar-refractivity contribution in [2.24, 2.45) is 5.73 Å². The minimum atomic E-state index is -0.164. The van der Waals surface area contributed by atoms with Crippen molar-refractivity contribution >= 4 is 23.1 Å². The zero-order valence-corrected chi connectivity index (χ0v) is 10.0. The number of carbonyl (C=O) groups is 1. The first kappa shape index (κ1) is 12.6. The topological polar surface area (TPSA) is 68.0 Å². The van der Waals surface area contributed by atoms with E-state index in [0.29, 0.717) is 17.8 Å². The summed E-state index contributed by atoms with van der Waals surface area (Å²) in [6.45, 7) is 2.75. The molecule has 1 rings (SSSR count). The van der Waals surface area contributed by atoms with E-state index in [1.54, 1.807) is 12.1 Å². The van der Waals surface area contributed by atoms with E-state index in [1.165, 1.54) is 6.20 Å². The molecule has 0 radical (unpaired) electrons. The van der Waals surface area contributed by atoms with Crippen molar-refractivity contribution in [2.45, 2.75) is 19.8 Å². The van der Waals surface area contributed by atoms with Gasteiger partial charge in [-0.15, -0.1) is 0 Å². The molecule has 0 aromatic carbocycles. The normalized spacial score (nSPS) is 9.81. The molecule has 86 valence electrons. The van der Waals surface area contributed by atoms with Crippen molar-refractivity contribution < 1.29 is 4.79 Å². The van der Waals surface area contributed by atoms with Crippen LogP contribution in [-0.2, 0) is 0 Å². The second-order valence-electron chi connectivity index (χ2n) is 3.41. The van der Waals surface area contributed by atoms with Gasteiger partial charge in [-0.1, -0.05) is 25.6 Å². The summed E-state index contributed by atoms with van der Waals surface area (Å²) in [6.07, 6.45) is 3.53. The second kappa shape index (κ2) is 6.17. The summed E-state index contributed by atoms with van der Waals surface area (Å²) < 4.78 is 0. The van der Waals surface area contributed by atoms with E-state index in [4.69, 9.17) is 18.0 Å². The third-order valence-corrected chi connectivity index (χ3v) is 2.33. The molecule has 0 fully saturated rings. The van der Waals surface area contributed by atoms with Crippen LogP contribution in [0.5, 0.6) is 0 Å². The molecule has 1 aromatic rings. The minimum absolute atomic E-state index is 0.164. The van der Waals surface area contributed by atoms with Gasteiger partial charge in [0, 0.05) is 18.3 Å². The second-order valence-corrected chi connectivity index (χ2v) is 3.85. The lowest BCUT2D eigenvalue weighted by Gasteiger charge is -2.04. The highest BCUT2D eigenvalue weighted by molar-refractivity contribution is 7.80. The van der Waals surface area contributed by atoms with Crippen molar-refractivity contribution in [3.8, 4) is 0 Å². The number of unbranched alkanes of at least 4 members (excludes halogenated alkanes) is 1. The number of amides is 1. The van der Waals surface area contributed by atoms with Gasteiger partial charge in [0.05, 0.1) is 0 Å². The van der Waals surface area contributed by atoms with E-state index in [-0.39, 0.29) is 10.9 Å². The SMILES string of the molecule is CCCCNC(=O)c1ccc(C(N)=S)cn1. The van der Waals surface area contributed by atoms with E-state index in [1.807, 2.05) is 0 Å². The molecule has 0 aliphatic carbocycles. The molecule has 0 aliphatic heterocycles. The van der Waals surface area contributed by atoms with E-state index in [2.05, 4.69) is 17.2 Å². The first-order chi connectivity index (χ1) is 7.65. The van der Waals surface area contributed by atoms with Gasteiger partial charge < -0.3 is 11.1 Å². The summed E-state index contributed by atoms with van der Waals surface area (Å²) >= 11 is 4.79. The van der Waals surface area contributed by atoms with E-state index in [9.17, 15) is 4.79 Å². The summed E-state index contributed by atoms with van der Waals surface area (Å²) in [6, 6.07) is 3.32. The lowest BCUT2D eigenvalue weighted by molar-refractivity contribution is 0.0948. The largest absolute Gasteiger partial charge is 0.389 e. The quantitative estimate of drug-likeness (QED) is 0.597. The van der Waals surface area contributed by atoms with Crippen molar-refractivity contribution in [2.75, 3.05) is 6.54 Å². The number of nitrogens with zero attached hydrogens (tertiary/aromatic N) is 1. The Labute approximate surface area is 100 Å². The molecule has 0 atom stereocenters. The van der Waals surface area contributed by atoms with Crippen LogP contribution in [0.1, 0.15) is 35.8 Å². The zero-order valence-electron chi connectivity index (χ0n) is 9.19. The molecule has 0 spiro atoms. The maximum absolute atomic E-state index is 11.6. The lowest BCUT2D eigenvalue weighted by atomic mass is 10.2. The summed E-state index contributed by atoms with van der Waals surface area (Å²) in [4.78, 5) is 15.8. The average molecular weight is 237 g/mol. The van der Waals surface area contributed by atoms with Crippen LogP contribution in [0, 0.1) is 0 Å². The number of carbonyl (C=O) groups excluding carboxylic acids is 1. The van der Waals surface area contributed by atoms with E-state index in [0.717, 1.165) is 12.8 Å². The Morgan fingerprint density at radius 2 is 2.31 bits per heavy atom. The maximum atomic E-state index is 11.6. The van der Waals surface area contributed by atoms with Crippen molar-refractivity contribution in [1.82, 2.24) is 10.3 Å². The Bertz CT molecular complexity index is 375. The fourth-order valence-corrected chi connectivity index (χ4v) is 1.26. The molecule has 5 heteroatoms. The molecule has 4 nitrogen and oxygen atoms in total. The minimum Gasteiger partial charge on any atom is -0.389 e. The fourth-order valence-electron chi connectivity index (χ4n) is 1.14. The summed E-state index contributed by atoms with van der Waals surface area (Å²) in [5.41, 5.74) is 6.48. The van der Waals surface area contributed by atoms with Crippen LogP contribution in [0.3, 0.4) is 0 Å². The third kappa shape index (κ3) is 3.58. The third-order valence-electron chi connectivity index (χ3n) is 2.10. The number of aromatic nitrogens is 1. The highest BCUT2D eigenvalue weighted by Crippen LogP contribution is 2.00. The monoisotopic (exact) mass is 237 g/mol. The predicted molar refractivity (Wildman–Crippen MR) is 67.4 cm³/mol. The fraction of sp³-hybridized carbons (Fsp3) is 0.364. The van der Waals surface area contributed by atoms with Gasteiger partial charge in [0.1, 0.15) is 10.7 Å². The Morgan fingerprint density at radius 1 is 1.56 bits per heavy atom. The summed E-state index contributed by atoms with van der Waals surface area (Å²) in [7, 11) is 0. The highest BCUT2D eigenvalue weighted by atomic mass is 32.1. The predicted octanol–water partition coefficient (Wildman–Crippen LogP) is 1.25. The number of nitrogens with one attached hydrogen (secondary N) is 1. The van der Waals surface area contributed by atoms with Gasteiger partial charge in [-0.3, -0.25) is 9.78 Å². The Hall–Kier alpha value is -1.49. The lowest BCUT2D eigenvalue weighted by Crippen LogP contribution is -2.25. The number of hydrogen-bond donors (Lipinski definition) is 2. The van der Waals surface area contributed by atoms with Crippen molar-refractivity contribution in [1.29, 1.82) is 0 Å². The van der Waals surface area contributed by atoms with Crippen LogP contribution in [0.15, 0.2) is 18.3 Å². The van der Waals surface area contributed by atoms with Crippen molar-refractivity contribution in [3.63, 3.8) is 0 Å². The molecule has 0 unspecified atom stereocenters. The maximum Gasteiger partial charge on any atom is 0.269 e. The number of nitrogens with two attached hydrogens (primary N) is 1. The molecule has 0 aliphatic rings. The molecular formula is C11H15N3OS. The molecule has 1 heterocycles. The van der Waals surface area contributed by atoms with Gasteiger partial charge in [0.15, 0.2) is 0 Å². The van der Waals surface area contributed by atoms with Gasteiger partial charge >= 0.3 is 0 Å². The van der Waals surface area contributed by atoms with Crippen molar-refractivity contribution in [3.05, 3.63) is 29.6 Å².